The van der Waals surface area contributed by atoms with Crippen LogP contribution in [0.3, 0.4) is 0 Å². The number of pyridine rings is 1. The number of nitrogens with zero attached hydrogens (tertiary/aromatic N) is 2. The van der Waals surface area contributed by atoms with Crippen LogP contribution < -0.4 is 0 Å². The summed E-state index contributed by atoms with van der Waals surface area (Å²) in [6.45, 7) is 0. The number of benzene rings is 1. The molecule has 0 radical (unpaired) electrons. The standard InChI is InChI=1S/C11H6Cl2N2O2S/c12-7-2-1-3-8(6-7)18-11-9(15(16)17)4-5-10(13)14-11/h1-6H. The molecule has 1 aromatic carbocycles. The molecule has 1 aromatic heterocycles. The molecule has 0 aliphatic rings. The van der Waals surface area contributed by atoms with Gasteiger partial charge in [0.25, 0.3) is 0 Å². The second kappa shape index (κ2) is 5.56. The Balaban J connectivity index is 2.39. The minimum atomic E-state index is -0.490. The van der Waals surface area contributed by atoms with Gasteiger partial charge in [0.05, 0.1) is 4.92 Å². The molecule has 0 atom stereocenters. The van der Waals surface area contributed by atoms with E-state index in [0.717, 1.165) is 16.7 Å². The molecule has 7 heteroatoms. The second-order valence-corrected chi connectivity index (χ2v) is 5.16. The van der Waals surface area contributed by atoms with Crippen LogP contribution in [0, 0.1) is 10.1 Å². The molecule has 0 amide bonds. The minimum Gasteiger partial charge on any atom is -0.258 e. The first-order valence-electron chi connectivity index (χ1n) is 4.80. The summed E-state index contributed by atoms with van der Waals surface area (Å²) in [5.41, 5.74) is -0.0793. The van der Waals surface area contributed by atoms with Gasteiger partial charge in [0.15, 0.2) is 5.03 Å². The highest BCUT2D eigenvalue weighted by Gasteiger charge is 2.16. The van der Waals surface area contributed by atoms with Crippen LogP contribution in [-0.2, 0) is 0 Å². The highest BCUT2D eigenvalue weighted by atomic mass is 35.5. The fourth-order valence-electron chi connectivity index (χ4n) is 1.27. The molecule has 1 heterocycles. The monoisotopic (exact) mass is 300 g/mol. The molecule has 2 aromatic rings. The number of rotatable bonds is 3. The maximum Gasteiger partial charge on any atom is 0.301 e. The average Bonchev–Trinajstić information content (AvgIpc) is 2.28. The molecular formula is C11H6Cl2N2O2S. The van der Waals surface area contributed by atoms with Gasteiger partial charge in [0, 0.05) is 16.0 Å². The van der Waals surface area contributed by atoms with Gasteiger partial charge in [-0.3, -0.25) is 10.1 Å². The topological polar surface area (TPSA) is 56.0 Å². The van der Waals surface area contributed by atoms with Crippen LogP contribution in [0.5, 0.6) is 0 Å². The summed E-state index contributed by atoms with van der Waals surface area (Å²) in [6, 6.07) is 9.72. The Morgan fingerprint density at radius 3 is 2.67 bits per heavy atom. The third-order valence-electron chi connectivity index (χ3n) is 2.01. The Bertz CT molecular complexity index is 607. The van der Waals surface area contributed by atoms with E-state index in [-0.39, 0.29) is 15.9 Å². The molecule has 92 valence electrons. The predicted molar refractivity (Wildman–Crippen MR) is 71.5 cm³/mol. The van der Waals surface area contributed by atoms with Crippen molar-refractivity contribution < 1.29 is 4.92 Å². The van der Waals surface area contributed by atoms with Crippen molar-refractivity contribution in [2.24, 2.45) is 0 Å². The van der Waals surface area contributed by atoms with Gasteiger partial charge in [0.2, 0.25) is 0 Å². The van der Waals surface area contributed by atoms with Crippen LogP contribution in [0.1, 0.15) is 0 Å². The minimum absolute atomic E-state index is 0.0793. The zero-order valence-corrected chi connectivity index (χ0v) is 11.2. The van der Waals surface area contributed by atoms with Gasteiger partial charge in [-0.2, -0.15) is 0 Å². The molecule has 0 spiro atoms. The van der Waals surface area contributed by atoms with Crippen molar-refractivity contribution in [1.82, 2.24) is 4.98 Å². The molecule has 0 N–H and O–H groups in total. The van der Waals surface area contributed by atoms with Gasteiger partial charge >= 0.3 is 5.69 Å². The maximum absolute atomic E-state index is 10.9. The van der Waals surface area contributed by atoms with Crippen LogP contribution in [0.15, 0.2) is 46.3 Å². The SMILES string of the molecule is O=[N+]([O-])c1ccc(Cl)nc1Sc1cccc(Cl)c1. The van der Waals surface area contributed by atoms with E-state index in [2.05, 4.69) is 4.98 Å². The lowest BCUT2D eigenvalue weighted by atomic mass is 10.4. The summed E-state index contributed by atoms with van der Waals surface area (Å²) in [7, 11) is 0. The van der Waals surface area contributed by atoms with E-state index in [9.17, 15) is 10.1 Å². The molecule has 0 aliphatic carbocycles. The van der Waals surface area contributed by atoms with Gasteiger partial charge in [-0.05, 0) is 24.3 Å². The first-order valence-corrected chi connectivity index (χ1v) is 6.38. The van der Waals surface area contributed by atoms with Crippen molar-refractivity contribution in [3.8, 4) is 0 Å². The van der Waals surface area contributed by atoms with E-state index in [1.165, 1.54) is 12.1 Å². The lowest BCUT2D eigenvalue weighted by Gasteiger charge is -2.03. The Morgan fingerprint density at radius 2 is 2.00 bits per heavy atom. The number of aromatic nitrogens is 1. The van der Waals surface area contributed by atoms with Gasteiger partial charge in [0.1, 0.15) is 5.15 Å². The lowest BCUT2D eigenvalue weighted by molar-refractivity contribution is -0.388. The highest BCUT2D eigenvalue weighted by Crippen LogP contribution is 2.34. The predicted octanol–water partition coefficient (Wildman–Crippen LogP) is 4.45. The molecule has 0 saturated heterocycles. The smallest absolute Gasteiger partial charge is 0.258 e. The van der Waals surface area contributed by atoms with E-state index in [0.29, 0.717) is 5.02 Å². The molecule has 4 nitrogen and oxygen atoms in total. The summed E-state index contributed by atoms with van der Waals surface area (Å²) in [4.78, 5) is 15.1. The zero-order valence-electron chi connectivity index (χ0n) is 8.84. The Morgan fingerprint density at radius 1 is 1.22 bits per heavy atom. The van der Waals surface area contributed by atoms with Gasteiger partial charge in [-0.25, -0.2) is 4.98 Å². The molecule has 0 bridgehead atoms. The first-order chi connectivity index (χ1) is 8.56. The number of halogens is 2. The van der Waals surface area contributed by atoms with Crippen LogP contribution >= 0.6 is 35.0 Å². The molecule has 0 saturated carbocycles. The van der Waals surface area contributed by atoms with E-state index in [1.807, 2.05) is 0 Å². The number of hydrogen-bond donors (Lipinski definition) is 0. The molecule has 0 fully saturated rings. The van der Waals surface area contributed by atoms with E-state index in [1.54, 1.807) is 24.3 Å². The largest absolute Gasteiger partial charge is 0.301 e. The van der Waals surface area contributed by atoms with Crippen LogP contribution in [-0.4, -0.2) is 9.91 Å². The van der Waals surface area contributed by atoms with Gasteiger partial charge in [-0.1, -0.05) is 41.0 Å². The number of nitro groups is 1. The normalized spacial score (nSPS) is 10.3. The molecule has 2 rings (SSSR count). The fraction of sp³-hybridized carbons (Fsp3) is 0. The summed E-state index contributed by atoms with van der Waals surface area (Å²) in [5, 5.41) is 11.9. The summed E-state index contributed by atoms with van der Waals surface area (Å²) in [5.74, 6) is 0. The van der Waals surface area contributed by atoms with Crippen LogP contribution in [0.4, 0.5) is 5.69 Å². The van der Waals surface area contributed by atoms with E-state index < -0.39 is 4.92 Å². The van der Waals surface area contributed by atoms with Crippen molar-refractivity contribution in [1.29, 1.82) is 0 Å². The second-order valence-electron chi connectivity index (χ2n) is 3.27. The first kappa shape index (κ1) is 13.1. The molecule has 0 aliphatic heterocycles. The third kappa shape index (κ3) is 3.13. The molecule has 0 unspecified atom stereocenters. The highest BCUT2D eigenvalue weighted by molar-refractivity contribution is 7.99. The third-order valence-corrected chi connectivity index (χ3v) is 3.44. The van der Waals surface area contributed by atoms with Gasteiger partial charge < -0.3 is 0 Å². The summed E-state index contributed by atoms with van der Waals surface area (Å²) in [6.07, 6.45) is 0. The average molecular weight is 301 g/mol. The maximum atomic E-state index is 10.9. The zero-order chi connectivity index (χ0) is 13.1. The van der Waals surface area contributed by atoms with Crippen molar-refractivity contribution in [3.05, 3.63) is 56.7 Å². The van der Waals surface area contributed by atoms with Crippen LogP contribution in [0.25, 0.3) is 0 Å². The molecule has 18 heavy (non-hydrogen) atoms. The summed E-state index contributed by atoms with van der Waals surface area (Å²) < 4.78 is 0. The quantitative estimate of drug-likeness (QED) is 0.477. The van der Waals surface area contributed by atoms with E-state index >= 15 is 0 Å². The Labute approximate surface area is 117 Å². The van der Waals surface area contributed by atoms with Crippen molar-refractivity contribution in [3.63, 3.8) is 0 Å². The van der Waals surface area contributed by atoms with E-state index in [4.69, 9.17) is 23.2 Å². The van der Waals surface area contributed by atoms with Crippen molar-refractivity contribution in [2.45, 2.75) is 9.92 Å². The van der Waals surface area contributed by atoms with Crippen LogP contribution in [0.2, 0.25) is 10.2 Å². The Kier molecular flexibility index (Phi) is 4.06. The summed E-state index contributed by atoms with van der Waals surface area (Å²) >= 11 is 12.7. The van der Waals surface area contributed by atoms with Crippen molar-refractivity contribution in [2.75, 3.05) is 0 Å². The number of hydrogen-bond acceptors (Lipinski definition) is 4. The fourth-order valence-corrected chi connectivity index (χ4v) is 2.67. The molecular weight excluding hydrogens is 295 g/mol. The van der Waals surface area contributed by atoms with Gasteiger partial charge in [-0.15, -0.1) is 0 Å². The van der Waals surface area contributed by atoms with Crippen molar-refractivity contribution >= 4 is 40.7 Å². The Hall–Kier alpha value is -1.30. The lowest BCUT2D eigenvalue weighted by Crippen LogP contribution is -1.93.